The summed E-state index contributed by atoms with van der Waals surface area (Å²) in [5.74, 6) is 0.140. The van der Waals surface area contributed by atoms with Crippen molar-refractivity contribution in [2.75, 3.05) is 0 Å². The number of phenolic OH excluding ortho intramolecular Hbond substituents is 2. The Kier molecular flexibility index (Phi) is 3.97. The highest BCUT2D eigenvalue weighted by Crippen LogP contribution is 2.32. The molecule has 2 nitrogen and oxygen atoms in total. The molecule has 0 atom stereocenters. The van der Waals surface area contributed by atoms with E-state index in [0.29, 0.717) is 10.0 Å². The van der Waals surface area contributed by atoms with Gasteiger partial charge in [0.05, 0.1) is 10.0 Å². The molecule has 0 unspecified atom stereocenters. The molecule has 0 aliphatic carbocycles. The molecule has 22 heavy (non-hydrogen) atoms. The SMILES string of the molecule is Oc1ccc(-c2ccc(-c3ccc(O)c(Cl)c3)cc2)cc1Cl. The Hall–Kier alpha value is -2.16. The van der Waals surface area contributed by atoms with Crippen LogP contribution in [0.3, 0.4) is 0 Å². The molecule has 2 N–H and O–H groups in total. The minimum Gasteiger partial charge on any atom is -0.506 e. The summed E-state index contributed by atoms with van der Waals surface area (Å²) < 4.78 is 0. The van der Waals surface area contributed by atoms with Gasteiger partial charge in [0.15, 0.2) is 0 Å². The molecule has 0 amide bonds. The summed E-state index contributed by atoms with van der Waals surface area (Å²) in [6, 6.07) is 18.1. The number of halogens is 2. The molecule has 0 aliphatic heterocycles. The van der Waals surface area contributed by atoms with Gasteiger partial charge in [0.2, 0.25) is 0 Å². The summed E-state index contributed by atoms with van der Waals surface area (Å²) in [6.45, 7) is 0. The van der Waals surface area contributed by atoms with Crippen LogP contribution in [0.2, 0.25) is 10.0 Å². The van der Waals surface area contributed by atoms with E-state index in [2.05, 4.69) is 0 Å². The van der Waals surface area contributed by atoms with E-state index in [4.69, 9.17) is 23.2 Å². The van der Waals surface area contributed by atoms with Crippen LogP contribution in [-0.4, -0.2) is 10.2 Å². The molecule has 0 bridgehead atoms. The minimum absolute atomic E-state index is 0.0702. The van der Waals surface area contributed by atoms with Crippen LogP contribution in [0, 0.1) is 0 Å². The van der Waals surface area contributed by atoms with Crippen LogP contribution in [0.25, 0.3) is 22.3 Å². The van der Waals surface area contributed by atoms with Gasteiger partial charge in [-0.2, -0.15) is 0 Å². The van der Waals surface area contributed by atoms with Crippen LogP contribution in [0.4, 0.5) is 0 Å². The smallest absolute Gasteiger partial charge is 0.134 e. The molecule has 0 fully saturated rings. The van der Waals surface area contributed by atoms with Crippen LogP contribution in [0.15, 0.2) is 60.7 Å². The van der Waals surface area contributed by atoms with Crippen LogP contribution >= 0.6 is 23.2 Å². The highest BCUT2D eigenvalue weighted by molar-refractivity contribution is 6.32. The Balaban J connectivity index is 1.95. The quantitative estimate of drug-likeness (QED) is 0.629. The summed E-state index contributed by atoms with van der Waals surface area (Å²) in [5, 5.41) is 19.6. The normalized spacial score (nSPS) is 10.6. The average molecular weight is 331 g/mol. The van der Waals surface area contributed by atoms with Gasteiger partial charge in [-0.25, -0.2) is 0 Å². The third-order valence-corrected chi connectivity index (χ3v) is 4.05. The number of aromatic hydroxyl groups is 2. The van der Waals surface area contributed by atoms with Crippen molar-refractivity contribution < 1.29 is 10.2 Å². The predicted octanol–water partition coefficient (Wildman–Crippen LogP) is 5.74. The first-order valence-electron chi connectivity index (χ1n) is 6.62. The Bertz CT molecular complexity index is 756. The molecule has 3 rings (SSSR count). The Labute approximate surface area is 138 Å². The first-order valence-corrected chi connectivity index (χ1v) is 7.38. The van der Waals surface area contributed by atoms with E-state index < -0.39 is 0 Å². The number of benzene rings is 3. The molecule has 0 aromatic heterocycles. The fourth-order valence-electron chi connectivity index (χ4n) is 2.23. The standard InChI is InChI=1S/C18H12Cl2O2/c19-15-9-13(5-7-17(15)21)11-1-2-12(4-3-11)14-6-8-18(22)16(20)10-14/h1-10,21-22H. The van der Waals surface area contributed by atoms with E-state index in [1.807, 2.05) is 36.4 Å². The van der Waals surface area contributed by atoms with Crippen LogP contribution in [0.1, 0.15) is 0 Å². The maximum Gasteiger partial charge on any atom is 0.134 e. The highest BCUT2D eigenvalue weighted by Gasteiger charge is 2.05. The monoisotopic (exact) mass is 330 g/mol. The lowest BCUT2D eigenvalue weighted by Crippen LogP contribution is -1.81. The predicted molar refractivity (Wildman–Crippen MR) is 90.7 cm³/mol. The van der Waals surface area contributed by atoms with Gasteiger partial charge in [-0.1, -0.05) is 59.6 Å². The van der Waals surface area contributed by atoms with Gasteiger partial charge in [0, 0.05) is 0 Å². The first kappa shape index (κ1) is 14.8. The Morgan fingerprint density at radius 3 is 1.14 bits per heavy atom. The van der Waals surface area contributed by atoms with Crippen molar-refractivity contribution in [3.05, 3.63) is 70.7 Å². The van der Waals surface area contributed by atoms with E-state index in [0.717, 1.165) is 22.3 Å². The summed E-state index contributed by atoms with van der Waals surface area (Å²) in [4.78, 5) is 0. The van der Waals surface area contributed by atoms with Crippen LogP contribution in [0.5, 0.6) is 11.5 Å². The third kappa shape index (κ3) is 2.89. The van der Waals surface area contributed by atoms with Gasteiger partial charge in [-0.15, -0.1) is 0 Å². The molecule has 0 heterocycles. The van der Waals surface area contributed by atoms with Gasteiger partial charge in [-0.05, 0) is 46.5 Å². The van der Waals surface area contributed by atoms with Crippen molar-refractivity contribution in [2.24, 2.45) is 0 Å². The largest absolute Gasteiger partial charge is 0.506 e. The van der Waals surface area contributed by atoms with E-state index in [-0.39, 0.29) is 11.5 Å². The third-order valence-electron chi connectivity index (χ3n) is 3.45. The van der Waals surface area contributed by atoms with Gasteiger partial charge in [-0.3, -0.25) is 0 Å². The molecule has 0 radical (unpaired) electrons. The molecule has 4 heteroatoms. The maximum absolute atomic E-state index is 9.47. The number of rotatable bonds is 2. The second-order valence-electron chi connectivity index (χ2n) is 4.91. The fourth-order valence-corrected chi connectivity index (χ4v) is 2.59. The first-order chi connectivity index (χ1) is 10.5. The number of hydrogen-bond donors (Lipinski definition) is 2. The zero-order valence-electron chi connectivity index (χ0n) is 11.4. The zero-order valence-corrected chi connectivity index (χ0v) is 12.9. The molecule has 110 valence electrons. The maximum atomic E-state index is 9.47. The molecular weight excluding hydrogens is 319 g/mol. The van der Waals surface area contributed by atoms with Gasteiger partial charge >= 0.3 is 0 Å². The van der Waals surface area contributed by atoms with Crippen molar-refractivity contribution in [1.82, 2.24) is 0 Å². The summed E-state index contributed by atoms with van der Waals surface area (Å²) in [5.41, 5.74) is 3.85. The van der Waals surface area contributed by atoms with E-state index in [1.165, 1.54) is 0 Å². The molecular formula is C18H12Cl2O2. The van der Waals surface area contributed by atoms with Crippen molar-refractivity contribution in [3.8, 4) is 33.8 Å². The van der Waals surface area contributed by atoms with Gasteiger partial charge in [0.25, 0.3) is 0 Å². The lowest BCUT2D eigenvalue weighted by molar-refractivity contribution is 0.475. The van der Waals surface area contributed by atoms with Gasteiger partial charge < -0.3 is 10.2 Å². The molecule has 0 saturated carbocycles. The number of hydrogen-bond acceptors (Lipinski definition) is 2. The second kappa shape index (κ2) is 5.91. The van der Waals surface area contributed by atoms with E-state index >= 15 is 0 Å². The van der Waals surface area contributed by atoms with Gasteiger partial charge in [0.1, 0.15) is 11.5 Å². The molecule has 3 aromatic carbocycles. The van der Waals surface area contributed by atoms with Crippen molar-refractivity contribution in [3.63, 3.8) is 0 Å². The summed E-state index contributed by atoms with van der Waals surface area (Å²) >= 11 is 11.9. The lowest BCUT2D eigenvalue weighted by atomic mass is 10.0. The molecule has 0 spiro atoms. The van der Waals surface area contributed by atoms with Crippen LogP contribution < -0.4 is 0 Å². The molecule has 3 aromatic rings. The molecule has 0 aliphatic rings. The summed E-state index contributed by atoms with van der Waals surface area (Å²) in [7, 11) is 0. The van der Waals surface area contributed by atoms with E-state index in [9.17, 15) is 10.2 Å². The highest BCUT2D eigenvalue weighted by atomic mass is 35.5. The van der Waals surface area contributed by atoms with Crippen molar-refractivity contribution in [1.29, 1.82) is 0 Å². The van der Waals surface area contributed by atoms with E-state index in [1.54, 1.807) is 24.3 Å². The van der Waals surface area contributed by atoms with Crippen molar-refractivity contribution in [2.45, 2.75) is 0 Å². The lowest BCUT2D eigenvalue weighted by Gasteiger charge is -2.07. The Morgan fingerprint density at radius 2 is 0.818 bits per heavy atom. The molecule has 0 saturated heterocycles. The van der Waals surface area contributed by atoms with Crippen LogP contribution in [-0.2, 0) is 0 Å². The average Bonchev–Trinajstić information content (AvgIpc) is 2.53. The summed E-state index contributed by atoms with van der Waals surface area (Å²) in [6.07, 6.45) is 0. The second-order valence-corrected chi connectivity index (χ2v) is 5.72. The fraction of sp³-hybridized carbons (Fsp3) is 0. The Morgan fingerprint density at radius 1 is 0.500 bits per heavy atom. The topological polar surface area (TPSA) is 40.5 Å². The number of phenols is 2. The minimum atomic E-state index is 0.0702. The van der Waals surface area contributed by atoms with Crippen molar-refractivity contribution >= 4 is 23.2 Å². The zero-order chi connectivity index (χ0) is 15.7.